The third-order valence-electron chi connectivity index (χ3n) is 1.80. The van der Waals surface area contributed by atoms with Crippen LogP contribution in [0.1, 0.15) is 25.7 Å². The zero-order chi connectivity index (χ0) is 7.23. The van der Waals surface area contributed by atoms with Gasteiger partial charge in [0.05, 0.1) is 0 Å². The molecule has 1 heterocycles. The van der Waals surface area contributed by atoms with Crippen molar-refractivity contribution in [1.29, 1.82) is 0 Å². The monoisotopic (exact) mass is 288 g/mol. The van der Waals surface area contributed by atoms with Crippen LogP contribution in [-0.4, -0.2) is 23.8 Å². The van der Waals surface area contributed by atoms with Gasteiger partial charge in [0.25, 0.3) is 0 Å². The average Bonchev–Trinajstić information content (AvgIpc) is 1.87. The molecular weight excluding hydrogens is 271 g/mol. The van der Waals surface area contributed by atoms with Crippen LogP contribution in [0.5, 0.6) is 0 Å². The van der Waals surface area contributed by atoms with Crippen LogP contribution in [0, 0.1) is 0 Å². The molecular formula is C7H17IN2S. The van der Waals surface area contributed by atoms with Gasteiger partial charge >= 0.3 is 0 Å². The lowest BCUT2D eigenvalue weighted by Crippen LogP contribution is -2.34. The Morgan fingerprint density at radius 2 is 1.91 bits per heavy atom. The highest BCUT2D eigenvalue weighted by molar-refractivity contribution is 14.0. The Kier molecular flexibility index (Phi) is 8.33. The molecule has 0 unspecified atom stereocenters. The lowest BCUT2D eigenvalue weighted by atomic mass is 10.2. The van der Waals surface area contributed by atoms with Crippen LogP contribution >= 0.6 is 35.9 Å². The van der Waals surface area contributed by atoms with Crippen molar-refractivity contribution in [2.45, 2.75) is 25.7 Å². The zero-order valence-corrected chi connectivity index (χ0v) is 10.2. The fourth-order valence-electron chi connectivity index (χ4n) is 1.17. The molecule has 0 radical (unpaired) electrons. The highest BCUT2D eigenvalue weighted by Crippen LogP contribution is 2.08. The Bertz CT molecular complexity index is 84.5. The van der Waals surface area contributed by atoms with E-state index in [9.17, 15) is 0 Å². The molecule has 1 aliphatic rings. The number of hydrazine groups is 1. The molecule has 0 aromatic carbocycles. The normalized spacial score (nSPS) is 21.5. The van der Waals surface area contributed by atoms with Crippen LogP contribution in [0.2, 0.25) is 0 Å². The van der Waals surface area contributed by atoms with E-state index in [-0.39, 0.29) is 24.0 Å². The van der Waals surface area contributed by atoms with Gasteiger partial charge in [0.1, 0.15) is 0 Å². The lowest BCUT2D eigenvalue weighted by molar-refractivity contribution is 0.316. The van der Waals surface area contributed by atoms with E-state index in [4.69, 9.17) is 0 Å². The third-order valence-corrected chi connectivity index (χ3v) is 2.55. The van der Waals surface area contributed by atoms with Gasteiger partial charge in [-0.15, -0.1) is 24.0 Å². The Labute approximate surface area is 90.6 Å². The summed E-state index contributed by atoms with van der Waals surface area (Å²) in [5.74, 6) is 0. The molecule has 0 amide bonds. The third kappa shape index (κ3) is 5.27. The molecule has 2 nitrogen and oxygen atoms in total. The molecule has 0 spiro atoms. The molecule has 1 saturated heterocycles. The predicted molar refractivity (Wildman–Crippen MR) is 62.1 cm³/mol. The minimum absolute atomic E-state index is 0. The second kappa shape index (κ2) is 7.64. The molecule has 1 aliphatic heterocycles. The molecule has 0 aromatic heterocycles. The van der Waals surface area contributed by atoms with Gasteiger partial charge in [-0.25, -0.2) is 5.43 Å². The fraction of sp³-hybridized carbons (Fsp3) is 1.00. The molecule has 1 fully saturated rings. The molecule has 0 bridgehead atoms. The van der Waals surface area contributed by atoms with Gasteiger partial charge in [-0.2, -0.15) is 4.41 Å². The molecule has 0 saturated carbocycles. The second-order valence-corrected chi connectivity index (χ2v) is 3.41. The summed E-state index contributed by atoms with van der Waals surface area (Å²) in [5, 5.41) is 0. The highest BCUT2D eigenvalue weighted by atomic mass is 127. The highest BCUT2D eigenvalue weighted by Gasteiger charge is 2.04. The van der Waals surface area contributed by atoms with Crippen LogP contribution < -0.4 is 5.43 Å². The predicted octanol–water partition coefficient (Wildman–Crippen LogP) is 2.26. The second-order valence-electron chi connectivity index (χ2n) is 2.61. The first-order chi connectivity index (χ1) is 4.93. The van der Waals surface area contributed by atoms with Crippen LogP contribution in [-0.2, 0) is 0 Å². The number of hydrogen-bond donors (Lipinski definition) is 1. The molecule has 68 valence electrons. The molecule has 0 aromatic rings. The summed E-state index contributed by atoms with van der Waals surface area (Å²) < 4.78 is 2.24. The van der Waals surface area contributed by atoms with E-state index in [0.717, 1.165) is 6.54 Å². The van der Waals surface area contributed by atoms with Crippen molar-refractivity contribution in [2.24, 2.45) is 0 Å². The van der Waals surface area contributed by atoms with Crippen LogP contribution in [0.4, 0.5) is 0 Å². The Morgan fingerprint density at radius 3 is 2.64 bits per heavy atom. The largest absolute Gasteiger partial charge is 0.245 e. The summed E-state index contributed by atoms with van der Waals surface area (Å²) in [7, 11) is 0. The Hall–Kier alpha value is 1.00. The summed E-state index contributed by atoms with van der Waals surface area (Å²) in [6.07, 6.45) is 7.59. The van der Waals surface area contributed by atoms with Crippen molar-refractivity contribution >= 4 is 35.9 Å². The maximum Gasteiger partial charge on any atom is 0.0244 e. The van der Waals surface area contributed by atoms with E-state index in [1.165, 1.54) is 32.2 Å². The van der Waals surface area contributed by atoms with Gasteiger partial charge in [-0.1, -0.05) is 24.8 Å². The summed E-state index contributed by atoms with van der Waals surface area (Å²) in [4.78, 5) is 0. The quantitative estimate of drug-likeness (QED) is 0.588. The maximum absolute atomic E-state index is 3.37. The van der Waals surface area contributed by atoms with Gasteiger partial charge in [-0.05, 0) is 19.1 Å². The maximum atomic E-state index is 3.37. The van der Waals surface area contributed by atoms with E-state index in [1.807, 2.05) is 0 Å². The SMILES string of the molecule is CSN1CCCCCCN1.I. The number of nitrogens with one attached hydrogen (secondary N) is 1. The summed E-state index contributed by atoms with van der Waals surface area (Å²) in [6.45, 7) is 2.35. The van der Waals surface area contributed by atoms with Crippen molar-refractivity contribution in [3.8, 4) is 0 Å². The van der Waals surface area contributed by atoms with Crippen LogP contribution in [0.3, 0.4) is 0 Å². The van der Waals surface area contributed by atoms with E-state index in [0.29, 0.717) is 0 Å². The molecule has 1 rings (SSSR count). The minimum Gasteiger partial charge on any atom is -0.245 e. The summed E-state index contributed by atoms with van der Waals surface area (Å²) in [5.41, 5.74) is 3.37. The molecule has 0 atom stereocenters. The lowest BCUT2D eigenvalue weighted by Gasteiger charge is -2.22. The molecule has 1 N–H and O–H groups in total. The van der Waals surface area contributed by atoms with Gasteiger partial charge in [-0.3, -0.25) is 0 Å². The molecule has 0 aliphatic carbocycles. The number of nitrogens with zero attached hydrogens (tertiary/aromatic N) is 1. The topological polar surface area (TPSA) is 15.3 Å². The standard InChI is InChI=1S/C7H16N2S.HI/c1-10-9-7-5-3-2-4-6-8-9;/h8H,2-7H2,1H3;1H. The van der Waals surface area contributed by atoms with Crippen LogP contribution in [0.25, 0.3) is 0 Å². The van der Waals surface area contributed by atoms with Gasteiger partial charge in [0.15, 0.2) is 0 Å². The number of hydrogen-bond acceptors (Lipinski definition) is 3. The van der Waals surface area contributed by atoms with E-state index in [1.54, 1.807) is 11.9 Å². The van der Waals surface area contributed by atoms with Crippen molar-refractivity contribution in [3.63, 3.8) is 0 Å². The zero-order valence-electron chi connectivity index (χ0n) is 7.01. The van der Waals surface area contributed by atoms with Gasteiger partial charge in [0.2, 0.25) is 0 Å². The first-order valence-corrected chi connectivity index (χ1v) is 5.17. The fourth-order valence-corrected chi connectivity index (χ4v) is 1.70. The van der Waals surface area contributed by atoms with Crippen molar-refractivity contribution in [2.75, 3.05) is 19.3 Å². The minimum atomic E-state index is 0. The van der Waals surface area contributed by atoms with Gasteiger partial charge < -0.3 is 0 Å². The number of rotatable bonds is 1. The van der Waals surface area contributed by atoms with E-state index >= 15 is 0 Å². The average molecular weight is 288 g/mol. The summed E-state index contributed by atoms with van der Waals surface area (Å²) >= 11 is 1.79. The van der Waals surface area contributed by atoms with Crippen LogP contribution in [0.15, 0.2) is 0 Å². The van der Waals surface area contributed by atoms with Crippen molar-refractivity contribution in [1.82, 2.24) is 9.84 Å². The first kappa shape index (κ1) is 12.0. The molecule has 11 heavy (non-hydrogen) atoms. The Balaban J connectivity index is 0.000001000. The van der Waals surface area contributed by atoms with E-state index < -0.39 is 0 Å². The Morgan fingerprint density at radius 1 is 1.18 bits per heavy atom. The first-order valence-electron chi connectivity index (χ1n) is 3.98. The molecule has 4 heteroatoms. The summed E-state index contributed by atoms with van der Waals surface area (Å²) in [6, 6.07) is 0. The van der Waals surface area contributed by atoms with Crippen molar-refractivity contribution in [3.05, 3.63) is 0 Å². The smallest absolute Gasteiger partial charge is 0.0244 e. The number of halogens is 1. The van der Waals surface area contributed by atoms with E-state index in [2.05, 4.69) is 16.1 Å². The van der Waals surface area contributed by atoms with Gasteiger partial charge in [0, 0.05) is 13.1 Å². The van der Waals surface area contributed by atoms with Crippen molar-refractivity contribution < 1.29 is 0 Å².